The number of esters is 1. The highest BCUT2D eigenvalue weighted by Gasteiger charge is 2.70. The average Bonchev–Trinajstić information content (AvgIpc) is 2.98. The predicted octanol–water partition coefficient (Wildman–Crippen LogP) is 5.74. The Morgan fingerprint density at radius 3 is 2.23 bits per heavy atom. The summed E-state index contributed by atoms with van der Waals surface area (Å²) in [6.07, 6.45) is 2.58. The summed E-state index contributed by atoms with van der Waals surface area (Å²) in [5.74, 6) is -0.651. The van der Waals surface area contributed by atoms with Crippen molar-refractivity contribution in [3.63, 3.8) is 0 Å². The monoisotopic (exact) mass is 511 g/mol. The molecule has 2 unspecified atom stereocenters. The normalized spacial score (nSPS) is 26.7. The molecule has 1 aromatic rings. The van der Waals surface area contributed by atoms with E-state index < -0.39 is 16.5 Å². The van der Waals surface area contributed by atoms with Crippen molar-refractivity contribution in [3.05, 3.63) is 30.7 Å². The largest absolute Gasteiger partial charge is 0.471 e. The maximum absolute atomic E-state index is 13.0. The smallest absolute Gasteiger partial charge is 0.340 e. The predicted molar refractivity (Wildman–Crippen MR) is 117 cm³/mol. The topological polar surface area (TPSA) is 73.9 Å². The number of thioether (sulfide) groups is 1. The van der Waals surface area contributed by atoms with Crippen LogP contribution in [0.5, 0.6) is 11.5 Å². The van der Waals surface area contributed by atoms with Gasteiger partial charge in [-0.05, 0) is 26.2 Å². The molecule has 0 radical (unpaired) electrons. The van der Waals surface area contributed by atoms with Gasteiger partial charge in [-0.1, -0.05) is 58.2 Å². The van der Waals surface area contributed by atoms with Crippen LogP contribution in [-0.4, -0.2) is 29.0 Å². The van der Waals surface area contributed by atoms with E-state index in [1.54, 1.807) is 6.92 Å². The van der Waals surface area contributed by atoms with E-state index in [1.807, 2.05) is 0 Å². The van der Waals surface area contributed by atoms with Crippen molar-refractivity contribution in [2.24, 2.45) is 0 Å². The van der Waals surface area contributed by atoms with E-state index in [0.29, 0.717) is 17.9 Å². The first kappa shape index (κ1) is 22.2. The van der Waals surface area contributed by atoms with E-state index in [9.17, 15) is 9.59 Å². The minimum Gasteiger partial charge on any atom is -0.471 e. The molecule has 2 heterocycles. The van der Waals surface area contributed by atoms with Crippen LogP contribution in [0.4, 0.5) is 0 Å². The lowest BCUT2D eigenvalue weighted by atomic mass is 9.75. The fraction of sp³-hybridized carbons (Fsp3) is 0.474. The number of carbonyl (C=O) groups excluding carboxylic acids is 2. The Labute approximate surface area is 197 Å². The van der Waals surface area contributed by atoms with Crippen LogP contribution in [-0.2, 0) is 14.3 Å². The molecule has 1 saturated carbocycles. The second-order valence-corrected chi connectivity index (χ2v) is 9.90. The van der Waals surface area contributed by atoms with Crippen molar-refractivity contribution in [2.45, 2.75) is 50.1 Å². The van der Waals surface area contributed by atoms with Gasteiger partial charge in [-0.3, -0.25) is 4.79 Å². The van der Waals surface area contributed by atoms with Gasteiger partial charge in [0.15, 0.2) is 17.1 Å². The number of rotatable bonds is 3. The molecule has 0 aromatic heterocycles. The number of halogens is 4. The lowest BCUT2D eigenvalue weighted by Gasteiger charge is -2.51. The third kappa shape index (κ3) is 3.08. The molecule has 1 aliphatic carbocycles. The number of ether oxygens (including phenoxy) is 3. The lowest BCUT2D eigenvalue weighted by molar-refractivity contribution is -0.146. The summed E-state index contributed by atoms with van der Waals surface area (Å²) < 4.78 is 18.2. The van der Waals surface area contributed by atoms with Crippen LogP contribution in [0.2, 0.25) is 20.1 Å². The van der Waals surface area contributed by atoms with Crippen LogP contribution >= 0.6 is 58.2 Å². The van der Waals surface area contributed by atoms with E-state index in [0.717, 1.165) is 12.8 Å². The minimum atomic E-state index is -1.24. The third-order valence-corrected chi connectivity index (χ3v) is 8.52. The van der Waals surface area contributed by atoms with Crippen LogP contribution in [0.3, 0.4) is 0 Å². The molecule has 2 aliphatic heterocycles. The van der Waals surface area contributed by atoms with Gasteiger partial charge in [0.1, 0.15) is 15.6 Å². The Bertz CT molecular complexity index is 1000. The maximum atomic E-state index is 13.0. The van der Waals surface area contributed by atoms with Gasteiger partial charge in [-0.2, -0.15) is 0 Å². The highest BCUT2D eigenvalue weighted by Crippen LogP contribution is 2.67. The molecular formula is C19H17Cl4NO5S. The SMILES string of the molecule is CCOC(=O)C1=C(NC(C)=O)SC23CCCCC12Oc1c(Cl)c(Cl)c(Cl)c(Cl)c1O3. The second kappa shape index (κ2) is 7.85. The maximum Gasteiger partial charge on any atom is 0.340 e. The van der Waals surface area contributed by atoms with Crippen molar-refractivity contribution < 1.29 is 23.8 Å². The van der Waals surface area contributed by atoms with Crippen molar-refractivity contribution in [1.82, 2.24) is 5.32 Å². The van der Waals surface area contributed by atoms with Crippen LogP contribution < -0.4 is 14.8 Å². The van der Waals surface area contributed by atoms with E-state index in [2.05, 4.69) is 5.32 Å². The molecule has 6 nitrogen and oxygen atoms in total. The minimum absolute atomic E-state index is 0.0276. The summed E-state index contributed by atoms with van der Waals surface area (Å²) in [5, 5.41) is 3.26. The van der Waals surface area contributed by atoms with E-state index >= 15 is 0 Å². The third-order valence-electron chi connectivity index (χ3n) is 5.29. The number of hydrogen-bond acceptors (Lipinski definition) is 6. The Morgan fingerprint density at radius 2 is 1.63 bits per heavy atom. The number of carbonyl (C=O) groups is 2. The zero-order chi connectivity index (χ0) is 21.8. The molecule has 1 fully saturated rings. The van der Waals surface area contributed by atoms with Crippen molar-refractivity contribution in [1.29, 1.82) is 0 Å². The van der Waals surface area contributed by atoms with Crippen LogP contribution in [0, 0.1) is 0 Å². The number of nitrogens with one attached hydrogen (secondary N) is 1. The second-order valence-electron chi connectivity index (χ2n) is 7.11. The fourth-order valence-electron chi connectivity index (χ4n) is 4.13. The number of amides is 1. The average molecular weight is 513 g/mol. The fourth-order valence-corrected chi connectivity index (χ4v) is 6.68. The van der Waals surface area contributed by atoms with Gasteiger partial charge in [0, 0.05) is 13.3 Å². The molecule has 0 saturated heterocycles. The first-order chi connectivity index (χ1) is 14.2. The molecule has 11 heteroatoms. The summed E-state index contributed by atoms with van der Waals surface area (Å²) in [6, 6.07) is 0. The van der Waals surface area contributed by atoms with E-state index in [-0.39, 0.29) is 49.7 Å². The first-order valence-corrected chi connectivity index (χ1v) is 11.6. The molecule has 1 N–H and O–H groups in total. The Hall–Kier alpha value is -0.990. The molecule has 1 aromatic carbocycles. The summed E-state index contributed by atoms with van der Waals surface area (Å²) in [4.78, 5) is 23.9. The van der Waals surface area contributed by atoms with Crippen molar-refractivity contribution >= 4 is 70.0 Å². The van der Waals surface area contributed by atoms with Gasteiger partial charge < -0.3 is 19.5 Å². The zero-order valence-corrected chi connectivity index (χ0v) is 19.8. The Kier molecular flexibility index (Phi) is 5.81. The van der Waals surface area contributed by atoms with Crippen LogP contribution in [0.25, 0.3) is 0 Å². The van der Waals surface area contributed by atoms with E-state index in [4.69, 9.17) is 60.6 Å². The van der Waals surface area contributed by atoms with Gasteiger partial charge in [0.25, 0.3) is 0 Å². The highest BCUT2D eigenvalue weighted by atomic mass is 35.5. The van der Waals surface area contributed by atoms with Crippen LogP contribution in [0.15, 0.2) is 10.6 Å². The molecule has 1 amide bonds. The summed E-state index contributed by atoms with van der Waals surface area (Å²) >= 11 is 26.5. The molecule has 2 atom stereocenters. The summed E-state index contributed by atoms with van der Waals surface area (Å²) in [6.45, 7) is 3.23. The van der Waals surface area contributed by atoms with Gasteiger partial charge >= 0.3 is 5.97 Å². The number of fused-ring (bicyclic) bond motifs is 1. The van der Waals surface area contributed by atoms with Gasteiger partial charge in [-0.15, -0.1) is 0 Å². The summed E-state index contributed by atoms with van der Waals surface area (Å²) in [7, 11) is 0. The van der Waals surface area contributed by atoms with Gasteiger partial charge in [-0.25, -0.2) is 4.79 Å². The standard InChI is InChI=1S/C19H17Cl4NO5S/c1-3-27-17(26)9-16(24-8(2)25)30-19-7-5-4-6-18(9,19)28-14-12(22)10(20)11(21)13(23)15(14)29-19/h3-7H2,1-2H3,(H,24,25). The molecule has 30 heavy (non-hydrogen) atoms. The molecule has 162 valence electrons. The zero-order valence-electron chi connectivity index (χ0n) is 16.0. The molecular weight excluding hydrogens is 496 g/mol. The van der Waals surface area contributed by atoms with Crippen LogP contribution in [0.1, 0.15) is 39.5 Å². The quantitative estimate of drug-likeness (QED) is 0.316. The number of benzene rings is 1. The Morgan fingerprint density at radius 1 is 1.03 bits per heavy atom. The first-order valence-electron chi connectivity index (χ1n) is 9.30. The molecule has 0 spiro atoms. The molecule has 3 aliphatic rings. The van der Waals surface area contributed by atoms with Crippen molar-refractivity contribution in [3.8, 4) is 11.5 Å². The Balaban J connectivity index is 1.96. The number of hydrogen-bond donors (Lipinski definition) is 1. The van der Waals surface area contributed by atoms with Gasteiger partial charge in [0.05, 0.1) is 21.7 Å². The highest BCUT2D eigenvalue weighted by molar-refractivity contribution is 8.04. The summed E-state index contributed by atoms with van der Waals surface area (Å²) in [5.41, 5.74) is -1.04. The van der Waals surface area contributed by atoms with Gasteiger partial charge in [0.2, 0.25) is 10.8 Å². The van der Waals surface area contributed by atoms with Crippen molar-refractivity contribution in [2.75, 3.05) is 6.61 Å². The lowest BCUT2D eigenvalue weighted by Crippen LogP contribution is -2.62. The molecule has 4 rings (SSSR count). The molecule has 0 bridgehead atoms. The van der Waals surface area contributed by atoms with E-state index in [1.165, 1.54) is 18.7 Å².